The highest BCUT2D eigenvalue weighted by molar-refractivity contribution is 7.89. The van der Waals surface area contributed by atoms with Crippen LogP contribution in [-0.2, 0) is 14.8 Å². The van der Waals surface area contributed by atoms with E-state index >= 15 is 0 Å². The third-order valence-corrected chi connectivity index (χ3v) is 6.65. The molecule has 2 aromatic rings. The van der Waals surface area contributed by atoms with Crippen molar-refractivity contribution >= 4 is 44.8 Å². The molecule has 0 aliphatic carbocycles. The molecule has 3 rings (SSSR count). The van der Waals surface area contributed by atoms with Gasteiger partial charge in [0.25, 0.3) is 0 Å². The minimum absolute atomic E-state index is 0.00609. The minimum Gasteiger partial charge on any atom is -0.326 e. The normalized spacial score (nSPS) is 18.3. The molecule has 0 bridgehead atoms. The van der Waals surface area contributed by atoms with Gasteiger partial charge in [0.05, 0.1) is 10.8 Å². The average molecular weight is 431 g/mol. The lowest BCUT2D eigenvalue weighted by atomic mass is 9.99. The molecule has 144 valence electrons. The summed E-state index contributed by atoms with van der Waals surface area (Å²) in [4.78, 5) is 12.6. The lowest BCUT2D eigenvalue weighted by molar-refractivity contribution is -0.120. The molecular weight excluding hydrogens is 414 g/mol. The molecule has 1 heterocycles. The fraction of sp³-hybridized carbons (Fsp3) is 0.278. The van der Waals surface area contributed by atoms with Crippen molar-refractivity contribution in [2.24, 2.45) is 5.92 Å². The Labute approximate surface area is 167 Å². The van der Waals surface area contributed by atoms with Crippen molar-refractivity contribution in [2.75, 3.05) is 18.4 Å². The predicted octanol–water partition coefficient (Wildman–Crippen LogP) is 4.17. The average Bonchev–Trinajstić information content (AvgIpc) is 2.61. The number of piperidine rings is 1. The van der Waals surface area contributed by atoms with Crippen LogP contribution < -0.4 is 5.32 Å². The van der Waals surface area contributed by atoms with Crippen LogP contribution in [0.2, 0.25) is 10.0 Å². The van der Waals surface area contributed by atoms with E-state index in [4.69, 9.17) is 23.2 Å². The van der Waals surface area contributed by atoms with Gasteiger partial charge in [0.15, 0.2) is 0 Å². The summed E-state index contributed by atoms with van der Waals surface area (Å²) >= 11 is 11.9. The van der Waals surface area contributed by atoms with Crippen molar-refractivity contribution in [3.8, 4) is 0 Å². The molecule has 0 unspecified atom stereocenters. The molecule has 0 spiro atoms. The molecule has 0 aromatic heterocycles. The van der Waals surface area contributed by atoms with Crippen LogP contribution in [0.15, 0.2) is 47.4 Å². The Balaban J connectivity index is 1.73. The molecule has 1 N–H and O–H groups in total. The number of carbonyl (C=O) groups is 1. The van der Waals surface area contributed by atoms with E-state index in [2.05, 4.69) is 5.32 Å². The van der Waals surface area contributed by atoms with Gasteiger partial charge >= 0.3 is 0 Å². The molecule has 1 fully saturated rings. The third-order valence-electron chi connectivity index (χ3n) is 4.34. The van der Waals surface area contributed by atoms with Gasteiger partial charge < -0.3 is 5.32 Å². The predicted molar refractivity (Wildman–Crippen MR) is 103 cm³/mol. The summed E-state index contributed by atoms with van der Waals surface area (Å²) in [7, 11) is -3.79. The van der Waals surface area contributed by atoms with E-state index in [1.165, 1.54) is 16.4 Å². The quantitative estimate of drug-likeness (QED) is 0.790. The Morgan fingerprint density at radius 3 is 2.37 bits per heavy atom. The highest BCUT2D eigenvalue weighted by atomic mass is 35.5. The first-order valence-corrected chi connectivity index (χ1v) is 10.5. The monoisotopic (exact) mass is 430 g/mol. The number of hydrogen-bond acceptors (Lipinski definition) is 3. The first-order chi connectivity index (χ1) is 12.8. The molecule has 1 aliphatic rings. The molecular formula is C18H17Cl2FN2O3S. The Morgan fingerprint density at radius 2 is 1.74 bits per heavy atom. The van der Waals surface area contributed by atoms with Crippen LogP contribution in [0.4, 0.5) is 10.1 Å². The number of nitrogens with zero attached hydrogens (tertiary/aromatic N) is 1. The van der Waals surface area contributed by atoms with Crippen molar-refractivity contribution in [3.05, 3.63) is 58.3 Å². The van der Waals surface area contributed by atoms with Crippen molar-refractivity contribution < 1.29 is 17.6 Å². The minimum atomic E-state index is -3.79. The molecule has 1 saturated heterocycles. The molecule has 1 amide bonds. The zero-order valence-electron chi connectivity index (χ0n) is 14.2. The van der Waals surface area contributed by atoms with Crippen LogP contribution >= 0.6 is 23.2 Å². The van der Waals surface area contributed by atoms with Gasteiger partial charge in [0.1, 0.15) is 5.82 Å². The summed E-state index contributed by atoms with van der Waals surface area (Å²) in [5.74, 6) is -1.32. The number of hydrogen-bond donors (Lipinski definition) is 1. The lowest BCUT2D eigenvalue weighted by Crippen LogP contribution is -2.43. The fourth-order valence-corrected chi connectivity index (χ4v) is 5.05. The molecule has 5 nitrogen and oxygen atoms in total. The maximum absolute atomic E-state index is 13.1. The molecule has 0 saturated carbocycles. The van der Waals surface area contributed by atoms with Gasteiger partial charge in [0.2, 0.25) is 15.9 Å². The van der Waals surface area contributed by atoms with E-state index < -0.39 is 21.8 Å². The van der Waals surface area contributed by atoms with E-state index in [9.17, 15) is 17.6 Å². The number of benzene rings is 2. The number of amides is 1. The van der Waals surface area contributed by atoms with E-state index in [0.29, 0.717) is 35.1 Å². The fourth-order valence-electron chi connectivity index (χ4n) is 3.00. The van der Waals surface area contributed by atoms with Crippen molar-refractivity contribution in [1.82, 2.24) is 4.31 Å². The highest BCUT2D eigenvalue weighted by Crippen LogP contribution is 2.27. The van der Waals surface area contributed by atoms with Gasteiger partial charge in [-0.25, -0.2) is 12.8 Å². The Hall–Kier alpha value is -1.67. The zero-order valence-corrected chi connectivity index (χ0v) is 16.5. The van der Waals surface area contributed by atoms with E-state index in [1.807, 2.05) is 0 Å². The Bertz CT molecular complexity index is 931. The number of rotatable bonds is 4. The maximum atomic E-state index is 13.1. The van der Waals surface area contributed by atoms with Crippen LogP contribution in [0, 0.1) is 11.7 Å². The molecule has 1 atom stereocenters. The summed E-state index contributed by atoms with van der Waals surface area (Å²) in [6.07, 6.45) is 1.12. The Morgan fingerprint density at radius 1 is 1.11 bits per heavy atom. The second-order valence-electron chi connectivity index (χ2n) is 6.30. The van der Waals surface area contributed by atoms with E-state index in [0.717, 1.165) is 12.1 Å². The first kappa shape index (κ1) is 20.1. The topological polar surface area (TPSA) is 66.5 Å². The van der Waals surface area contributed by atoms with Gasteiger partial charge in [-0.15, -0.1) is 0 Å². The van der Waals surface area contributed by atoms with Crippen LogP contribution in [-0.4, -0.2) is 31.7 Å². The number of sulfonamides is 1. The van der Waals surface area contributed by atoms with Gasteiger partial charge in [0, 0.05) is 28.8 Å². The van der Waals surface area contributed by atoms with Gasteiger partial charge in [-0.05, 0) is 55.3 Å². The van der Waals surface area contributed by atoms with Gasteiger partial charge in [-0.3, -0.25) is 4.79 Å². The Kier molecular flexibility index (Phi) is 6.05. The molecule has 2 aromatic carbocycles. The van der Waals surface area contributed by atoms with Crippen LogP contribution in [0.3, 0.4) is 0 Å². The number of halogens is 3. The van der Waals surface area contributed by atoms with Crippen molar-refractivity contribution in [3.63, 3.8) is 0 Å². The summed E-state index contributed by atoms with van der Waals surface area (Å²) in [6, 6.07) is 9.34. The van der Waals surface area contributed by atoms with E-state index in [1.54, 1.807) is 18.2 Å². The summed E-state index contributed by atoms with van der Waals surface area (Å²) in [5, 5.41) is 3.52. The van der Waals surface area contributed by atoms with Gasteiger partial charge in [-0.2, -0.15) is 4.31 Å². The number of carbonyl (C=O) groups excluding carboxylic acids is 1. The second-order valence-corrected chi connectivity index (χ2v) is 9.11. The highest BCUT2D eigenvalue weighted by Gasteiger charge is 2.33. The number of anilines is 1. The third kappa shape index (κ3) is 4.79. The summed E-state index contributed by atoms with van der Waals surface area (Å²) in [5.41, 5.74) is 0.455. The molecule has 0 radical (unpaired) electrons. The standard InChI is InChI=1S/C18H17Cl2FN2O3S/c19-13-8-14(20)10-16(9-13)22-18(24)12-2-1-7-23(11-12)27(25,26)17-5-3-15(21)4-6-17/h3-6,8-10,12H,1-2,7,11H2,(H,22,24)/t12-/m0/s1. The van der Waals surface area contributed by atoms with Crippen molar-refractivity contribution in [2.45, 2.75) is 17.7 Å². The SMILES string of the molecule is O=C(Nc1cc(Cl)cc(Cl)c1)[C@H]1CCCN(S(=O)(=O)c2ccc(F)cc2)C1. The maximum Gasteiger partial charge on any atom is 0.243 e. The van der Waals surface area contributed by atoms with Crippen LogP contribution in [0.1, 0.15) is 12.8 Å². The summed E-state index contributed by atoms with van der Waals surface area (Å²) < 4.78 is 39.8. The van der Waals surface area contributed by atoms with Crippen molar-refractivity contribution in [1.29, 1.82) is 0 Å². The second kappa shape index (κ2) is 8.14. The molecule has 27 heavy (non-hydrogen) atoms. The largest absolute Gasteiger partial charge is 0.326 e. The molecule has 9 heteroatoms. The van der Waals surface area contributed by atoms with Gasteiger partial charge in [-0.1, -0.05) is 23.2 Å². The van der Waals surface area contributed by atoms with Crippen LogP contribution in [0.5, 0.6) is 0 Å². The summed E-state index contributed by atoms with van der Waals surface area (Å²) in [6.45, 7) is 0.367. The zero-order chi connectivity index (χ0) is 19.6. The van der Waals surface area contributed by atoms with E-state index in [-0.39, 0.29) is 17.3 Å². The number of nitrogens with one attached hydrogen (secondary N) is 1. The first-order valence-electron chi connectivity index (χ1n) is 8.28. The molecule has 1 aliphatic heterocycles. The van der Waals surface area contributed by atoms with Crippen LogP contribution in [0.25, 0.3) is 0 Å². The lowest BCUT2D eigenvalue weighted by Gasteiger charge is -2.31. The smallest absolute Gasteiger partial charge is 0.243 e.